The molecule has 0 saturated carbocycles. The molecule has 0 aliphatic heterocycles. The lowest BCUT2D eigenvalue weighted by Crippen LogP contribution is -2.29. The van der Waals surface area contributed by atoms with Gasteiger partial charge in [-0.3, -0.25) is 9.59 Å². The highest BCUT2D eigenvalue weighted by Gasteiger charge is 2.14. The van der Waals surface area contributed by atoms with Crippen molar-refractivity contribution >= 4 is 23.4 Å². The summed E-state index contributed by atoms with van der Waals surface area (Å²) in [5, 5.41) is 2.46. The molecular formula is C9H12N2O3S. The van der Waals surface area contributed by atoms with Crippen molar-refractivity contribution in [3.05, 3.63) is 16.1 Å². The quantitative estimate of drug-likeness (QED) is 0.772. The minimum absolute atomic E-state index is 0.119. The number of hydrogen-bond acceptors (Lipinski definition) is 5. The van der Waals surface area contributed by atoms with E-state index < -0.39 is 5.97 Å². The van der Waals surface area contributed by atoms with Gasteiger partial charge in [-0.15, -0.1) is 0 Å². The van der Waals surface area contributed by atoms with Crippen LogP contribution in [-0.2, 0) is 9.53 Å². The van der Waals surface area contributed by atoms with E-state index in [1.165, 1.54) is 7.11 Å². The van der Waals surface area contributed by atoms with E-state index in [4.69, 9.17) is 0 Å². The number of ether oxygens (including phenoxy) is 1. The standard InChI is InChI=1S/C9H12N2O3S/c1-5-6(2)11-15-8(5)9(13)10-4-7(12)14-3/h4H2,1-3H3,(H,10,13). The summed E-state index contributed by atoms with van der Waals surface area (Å²) >= 11 is 1.13. The summed E-state index contributed by atoms with van der Waals surface area (Å²) in [5.74, 6) is -0.759. The predicted octanol–water partition coefficient (Wildman–Crippen LogP) is 0.663. The van der Waals surface area contributed by atoms with Gasteiger partial charge in [-0.25, -0.2) is 0 Å². The van der Waals surface area contributed by atoms with E-state index in [0.29, 0.717) is 4.88 Å². The summed E-state index contributed by atoms with van der Waals surface area (Å²) in [5.41, 5.74) is 1.69. The maximum atomic E-state index is 11.6. The molecule has 0 radical (unpaired) electrons. The molecule has 82 valence electrons. The van der Waals surface area contributed by atoms with Crippen molar-refractivity contribution in [2.45, 2.75) is 13.8 Å². The molecule has 0 saturated heterocycles. The van der Waals surface area contributed by atoms with Crippen LogP contribution in [0.2, 0.25) is 0 Å². The Bertz CT molecular complexity index is 387. The molecule has 0 aromatic carbocycles. The van der Waals surface area contributed by atoms with Crippen LogP contribution in [0.15, 0.2) is 0 Å². The minimum Gasteiger partial charge on any atom is -0.468 e. The van der Waals surface area contributed by atoms with Gasteiger partial charge in [0.05, 0.1) is 12.8 Å². The zero-order chi connectivity index (χ0) is 11.4. The summed E-state index contributed by atoms with van der Waals surface area (Å²) in [6, 6.07) is 0. The summed E-state index contributed by atoms with van der Waals surface area (Å²) < 4.78 is 8.46. The van der Waals surface area contributed by atoms with Crippen LogP contribution >= 0.6 is 11.5 Å². The summed E-state index contributed by atoms with van der Waals surface area (Å²) in [6.07, 6.45) is 0. The fraction of sp³-hybridized carbons (Fsp3) is 0.444. The maximum absolute atomic E-state index is 11.6. The number of nitrogens with one attached hydrogen (secondary N) is 1. The van der Waals surface area contributed by atoms with Gasteiger partial charge in [-0.2, -0.15) is 4.37 Å². The lowest BCUT2D eigenvalue weighted by Gasteiger charge is -2.02. The van der Waals surface area contributed by atoms with E-state index in [-0.39, 0.29) is 12.5 Å². The molecule has 1 aromatic heterocycles. The summed E-state index contributed by atoms with van der Waals surface area (Å²) in [7, 11) is 1.27. The Balaban J connectivity index is 2.62. The highest BCUT2D eigenvalue weighted by Crippen LogP contribution is 2.16. The first-order valence-electron chi connectivity index (χ1n) is 4.34. The van der Waals surface area contributed by atoms with Crippen molar-refractivity contribution in [3.8, 4) is 0 Å². The monoisotopic (exact) mass is 228 g/mol. The molecule has 6 heteroatoms. The van der Waals surface area contributed by atoms with Crippen LogP contribution in [0.5, 0.6) is 0 Å². The first-order chi connectivity index (χ1) is 7.06. The molecule has 1 N–H and O–H groups in total. The number of amides is 1. The number of aromatic nitrogens is 1. The normalized spacial score (nSPS) is 9.80. The van der Waals surface area contributed by atoms with Gasteiger partial charge in [0.25, 0.3) is 5.91 Å². The number of aryl methyl sites for hydroxylation is 1. The zero-order valence-electron chi connectivity index (χ0n) is 8.79. The van der Waals surface area contributed by atoms with Crippen molar-refractivity contribution in [3.63, 3.8) is 0 Å². The van der Waals surface area contributed by atoms with Crippen molar-refractivity contribution in [1.82, 2.24) is 9.69 Å². The third kappa shape index (κ3) is 2.76. The van der Waals surface area contributed by atoms with Crippen LogP contribution in [0, 0.1) is 13.8 Å². The second-order valence-corrected chi connectivity index (χ2v) is 3.75. The lowest BCUT2D eigenvalue weighted by molar-refractivity contribution is -0.139. The first kappa shape index (κ1) is 11.6. The maximum Gasteiger partial charge on any atom is 0.325 e. The third-order valence-electron chi connectivity index (χ3n) is 1.98. The Hall–Kier alpha value is -1.43. The van der Waals surface area contributed by atoms with E-state index in [1.807, 2.05) is 13.8 Å². The molecule has 1 heterocycles. The molecule has 1 rings (SSSR count). The first-order valence-corrected chi connectivity index (χ1v) is 5.11. The molecule has 15 heavy (non-hydrogen) atoms. The van der Waals surface area contributed by atoms with Crippen molar-refractivity contribution in [1.29, 1.82) is 0 Å². The molecular weight excluding hydrogens is 216 g/mol. The van der Waals surface area contributed by atoms with Gasteiger partial charge in [-0.05, 0) is 30.9 Å². The van der Waals surface area contributed by atoms with Gasteiger partial charge in [-0.1, -0.05) is 0 Å². The van der Waals surface area contributed by atoms with E-state index in [0.717, 1.165) is 22.8 Å². The van der Waals surface area contributed by atoms with Crippen molar-refractivity contribution < 1.29 is 14.3 Å². The van der Waals surface area contributed by atoms with Crippen LogP contribution in [0.3, 0.4) is 0 Å². The van der Waals surface area contributed by atoms with Gasteiger partial charge < -0.3 is 10.1 Å². The average Bonchev–Trinajstić information content (AvgIpc) is 2.56. The van der Waals surface area contributed by atoms with E-state index in [2.05, 4.69) is 14.4 Å². The Morgan fingerprint density at radius 1 is 1.47 bits per heavy atom. The van der Waals surface area contributed by atoms with E-state index in [1.54, 1.807) is 0 Å². The molecule has 0 unspecified atom stereocenters. The van der Waals surface area contributed by atoms with Crippen LogP contribution in [0.1, 0.15) is 20.9 Å². The molecule has 0 aliphatic carbocycles. The fourth-order valence-electron chi connectivity index (χ4n) is 0.932. The Labute approximate surface area is 91.6 Å². The zero-order valence-corrected chi connectivity index (χ0v) is 9.60. The molecule has 0 bridgehead atoms. The van der Waals surface area contributed by atoms with Gasteiger partial charge in [0.1, 0.15) is 11.4 Å². The molecule has 0 spiro atoms. The lowest BCUT2D eigenvalue weighted by atomic mass is 10.2. The largest absolute Gasteiger partial charge is 0.468 e. The van der Waals surface area contributed by atoms with Crippen molar-refractivity contribution in [2.75, 3.05) is 13.7 Å². The van der Waals surface area contributed by atoms with Crippen LogP contribution in [0.25, 0.3) is 0 Å². The number of esters is 1. The number of rotatable bonds is 3. The number of methoxy groups -OCH3 is 1. The highest BCUT2D eigenvalue weighted by molar-refractivity contribution is 7.08. The topological polar surface area (TPSA) is 68.3 Å². The molecule has 0 aliphatic rings. The number of carbonyl (C=O) groups excluding carboxylic acids is 2. The van der Waals surface area contributed by atoms with Crippen LogP contribution in [0.4, 0.5) is 0 Å². The van der Waals surface area contributed by atoms with Crippen molar-refractivity contribution in [2.24, 2.45) is 0 Å². The summed E-state index contributed by atoms with van der Waals surface area (Å²) in [6.45, 7) is 3.54. The fourth-order valence-corrected chi connectivity index (χ4v) is 1.74. The highest BCUT2D eigenvalue weighted by atomic mass is 32.1. The van der Waals surface area contributed by atoms with Gasteiger partial charge in [0, 0.05) is 0 Å². The Morgan fingerprint density at radius 3 is 2.60 bits per heavy atom. The second kappa shape index (κ2) is 4.88. The number of hydrogen-bond donors (Lipinski definition) is 1. The second-order valence-electron chi connectivity index (χ2n) is 2.98. The molecule has 0 atom stereocenters. The Morgan fingerprint density at radius 2 is 2.13 bits per heavy atom. The Kier molecular flexibility index (Phi) is 3.79. The van der Waals surface area contributed by atoms with Crippen LogP contribution in [-0.4, -0.2) is 29.9 Å². The third-order valence-corrected chi connectivity index (χ3v) is 3.02. The molecule has 0 fully saturated rings. The number of nitrogens with zero attached hydrogens (tertiary/aromatic N) is 1. The molecule has 1 aromatic rings. The van der Waals surface area contributed by atoms with Gasteiger partial charge in [0.15, 0.2) is 0 Å². The minimum atomic E-state index is -0.470. The van der Waals surface area contributed by atoms with Crippen LogP contribution < -0.4 is 5.32 Å². The van der Waals surface area contributed by atoms with Gasteiger partial charge >= 0.3 is 5.97 Å². The van der Waals surface area contributed by atoms with E-state index >= 15 is 0 Å². The van der Waals surface area contributed by atoms with E-state index in [9.17, 15) is 9.59 Å². The summed E-state index contributed by atoms with van der Waals surface area (Å²) in [4.78, 5) is 22.9. The SMILES string of the molecule is COC(=O)CNC(=O)c1snc(C)c1C. The average molecular weight is 228 g/mol. The number of carbonyl (C=O) groups is 2. The van der Waals surface area contributed by atoms with Gasteiger partial charge in [0.2, 0.25) is 0 Å². The predicted molar refractivity (Wildman–Crippen MR) is 55.9 cm³/mol. The molecule has 5 nitrogen and oxygen atoms in total. The molecule has 1 amide bonds. The smallest absolute Gasteiger partial charge is 0.325 e.